The van der Waals surface area contributed by atoms with Gasteiger partial charge in [-0.1, -0.05) is 13.8 Å². The van der Waals surface area contributed by atoms with Crippen LogP contribution >= 0.6 is 12.2 Å². The van der Waals surface area contributed by atoms with Crippen molar-refractivity contribution >= 4 is 23.2 Å². The first-order valence-electron chi connectivity index (χ1n) is 7.89. The van der Waals surface area contributed by atoms with Gasteiger partial charge in [-0.3, -0.25) is 10.1 Å². The third-order valence-corrected chi connectivity index (χ3v) is 4.05. The van der Waals surface area contributed by atoms with Gasteiger partial charge >= 0.3 is 0 Å². The number of likely N-dealkylation sites (tertiary alicyclic amines) is 1. The van der Waals surface area contributed by atoms with Gasteiger partial charge in [-0.2, -0.15) is 0 Å². The van der Waals surface area contributed by atoms with Crippen LogP contribution in [0.3, 0.4) is 0 Å². The van der Waals surface area contributed by atoms with E-state index in [9.17, 15) is 4.79 Å². The molecule has 22 heavy (non-hydrogen) atoms. The number of hydrogen-bond acceptors (Lipinski definition) is 3. The van der Waals surface area contributed by atoms with Crippen LogP contribution < -0.4 is 10.1 Å². The summed E-state index contributed by atoms with van der Waals surface area (Å²) in [4.78, 5) is 14.2. The summed E-state index contributed by atoms with van der Waals surface area (Å²) >= 11 is 5.27. The molecular weight excluding hydrogens is 296 g/mol. The van der Waals surface area contributed by atoms with Crippen LogP contribution in [0, 0.1) is 5.92 Å². The molecule has 0 unspecified atom stereocenters. The largest absolute Gasteiger partial charge is 0.494 e. The van der Waals surface area contributed by atoms with Gasteiger partial charge in [0.2, 0.25) is 0 Å². The number of ether oxygens (including phenoxy) is 1. The molecule has 0 bridgehead atoms. The second-order valence-electron chi connectivity index (χ2n) is 6.01. The van der Waals surface area contributed by atoms with Gasteiger partial charge in [-0.05, 0) is 61.7 Å². The van der Waals surface area contributed by atoms with Gasteiger partial charge in [0.25, 0.3) is 5.91 Å². The summed E-state index contributed by atoms with van der Waals surface area (Å²) in [5, 5.41) is 3.32. The Hall–Kier alpha value is -1.62. The fourth-order valence-corrected chi connectivity index (χ4v) is 2.56. The Morgan fingerprint density at radius 1 is 1.27 bits per heavy atom. The van der Waals surface area contributed by atoms with E-state index >= 15 is 0 Å². The Morgan fingerprint density at radius 3 is 2.50 bits per heavy atom. The van der Waals surface area contributed by atoms with E-state index in [4.69, 9.17) is 17.0 Å². The lowest BCUT2D eigenvalue weighted by Gasteiger charge is -2.18. The Labute approximate surface area is 137 Å². The molecule has 0 radical (unpaired) electrons. The van der Waals surface area contributed by atoms with Crippen LogP contribution in [0.5, 0.6) is 5.75 Å². The molecule has 1 heterocycles. The van der Waals surface area contributed by atoms with E-state index < -0.39 is 0 Å². The Kier molecular flexibility index (Phi) is 6.19. The van der Waals surface area contributed by atoms with E-state index in [2.05, 4.69) is 19.2 Å². The maximum absolute atomic E-state index is 12.2. The smallest absolute Gasteiger partial charge is 0.257 e. The molecule has 0 aliphatic carbocycles. The highest BCUT2D eigenvalue weighted by atomic mass is 32.1. The number of carbonyl (C=O) groups excluding carboxylic acids is 1. The van der Waals surface area contributed by atoms with Gasteiger partial charge in [0, 0.05) is 18.7 Å². The molecule has 2 rings (SSSR count). The first-order valence-corrected chi connectivity index (χ1v) is 8.30. The van der Waals surface area contributed by atoms with Crippen molar-refractivity contribution in [3.63, 3.8) is 0 Å². The molecule has 1 saturated heterocycles. The first-order chi connectivity index (χ1) is 10.6. The molecule has 1 aromatic rings. The lowest BCUT2D eigenvalue weighted by molar-refractivity contribution is 0.0974. The van der Waals surface area contributed by atoms with Crippen molar-refractivity contribution in [1.29, 1.82) is 0 Å². The van der Waals surface area contributed by atoms with Crippen molar-refractivity contribution < 1.29 is 9.53 Å². The molecule has 1 fully saturated rings. The number of amides is 1. The minimum Gasteiger partial charge on any atom is -0.494 e. The van der Waals surface area contributed by atoms with E-state index in [1.165, 1.54) is 0 Å². The highest BCUT2D eigenvalue weighted by Crippen LogP contribution is 2.14. The maximum atomic E-state index is 12.2. The minimum absolute atomic E-state index is 0.161. The third-order valence-electron chi connectivity index (χ3n) is 3.69. The number of thiocarbonyl (C=S) groups is 1. The van der Waals surface area contributed by atoms with Crippen molar-refractivity contribution in [3.8, 4) is 5.75 Å². The van der Waals surface area contributed by atoms with E-state index in [1.54, 1.807) is 12.1 Å². The van der Waals surface area contributed by atoms with Gasteiger partial charge in [-0.15, -0.1) is 0 Å². The van der Waals surface area contributed by atoms with Gasteiger partial charge in [0.05, 0.1) is 6.61 Å². The van der Waals surface area contributed by atoms with Crippen molar-refractivity contribution in [2.24, 2.45) is 5.92 Å². The predicted molar refractivity (Wildman–Crippen MR) is 92.3 cm³/mol. The Balaban J connectivity index is 1.83. The highest BCUT2D eigenvalue weighted by Gasteiger charge is 2.17. The van der Waals surface area contributed by atoms with Crippen molar-refractivity contribution in [2.75, 3.05) is 19.7 Å². The molecule has 1 N–H and O–H groups in total. The summed E-state index contributed by atoms with van der Waals surface area (Å²) < 4.78 is 5.65. The average Bonchev–Trinajstić information content (AvgIpc) is 3.02. The van der Waals surface area contributed by atoms with E-state index in [1.807, 2.05) is 17.0 Å². The second kappa shape index (κ2) is 8.13. The lowest BCUT2D eigenvalue weighted by Crippen LogP contribution is -2.41. The highest BCUT2D eigenvalue weighted by molar-refractivity contribution is 7.80. The molecular formula is C17H24N2O2S. The number of rotatable bonds is 5. The topological polar surface area (TPSA) is 41.6 Å². The lowest BCUT2D eigenvalue weighted by atomic mass is 10.1. The summed E-state index contributed by atoms with van der Waals surface area (Å²) in [6.45, 7) is 6.89. The second-order valence-corrected chi connectivity index (χ2v) is 6.40. The number of benzene rings is 1. The predicted octanol–water partition coefficient (Wildman–Crippen LogP) is 3.22. The number of nitrogens with zero attached hydrogens (tertiary/aromatic N) is 1. The minimum atomic E-state index is -0.161. The molecule has 1 amide bonds. The van der Waals surface area contributed by atoms with Crippen LogP contribution in [0.2, 0.25) is 0 Å². The molecule has 0 saturated carbocycles. The zero-order chi connectivity index (χ0) is 15.9. The quantitative estimate of drug-likeness (QED) is 0.846. The zero-order valence-corrected chi connectivity index (χ0v) is 14.1. The van der Waals surface area contributed by atoms with Crippen LogP contribution in [0.25, 0.3) is 0 Å². The molecule has 0 aromatic heterocycles. The van der Waals surface area contributed by atoms with Gasteiger partial charge in [0.1, 0.15) is 5.75 Å². The van der Waals surface area contributed by atoms with Crippen molar-refractivity contribution in [2.45, 2.75) is 33.1 Å². The SMILES string of the molecule is CC(C)CCOc1ccc(C(=O)NC(=S)N2CCCC2)cc1. The van der Waals surface area contributed by atoms with Crippen LogP contribution in [-0.2, 0) is 0 Å². The zero-order valence-electron chi connectivity index (χ0n) is 13.3. The fourth-order valence-electron chi connectivity index (χ4n) is 2.28. The van der Waals surface area contributed by atoms with Gasteiger partial charge in [0.15, 0.2) is 5.11 Å². The normalized spacial score (nSPS) is 14.2. The molecule has 120 valence electrons. The van der Waals surface area contributed by atoms with Gasteiger partial charge in [-0.25, -0.2) is 0 Å². The Bertz CT molecular complexity index is 508. The first kappa shape index (κ1) is 16.7. The van der Waals surface area contributed by atoms with Crippen LogP contribution in [-0.4, -0.2) is 35.6 Å². The number of nitrogens with one attached hydrogen (secondary N) is 1. The molecule has 5 heteroatoms. The summed E-state index contributed by atoms with van der Waals surface area (Å²) in [7, 11) is 0. The van der Waals surface area contributed by atoms with Gasteiger partial charge < -0.3 is 9.64 Å². The number of carbonyl (C=O) groups is 1. The van der Waals surface area contributed by atoms with E-state index in [0.717, 1.165) is 38.1 Å². The van der Waals surface area contributed by atoms with Crippen LogP contribution in [0.15, 0.2) is 24.3 Å². The van der Waals surface area contributed by atoms with Crippen molar-refractivity contribution in [1.82, 2.24) is 10.2 Å². The van der Waals surface area contributed by atoms with E-state index in [0.29, 0.717) is 23.2 Å². The summed E-state index contributed by atoms with van der Waals surface area (Å²) in [6.07, 6.45) is 3.29. The van der Waals surface area contributed by atoms with Crippen molar-refractivity contribution in [3.05, 3.63) is 29.8 Å². The standard InChI is InChI=1S/C17H24N2O2S/c1-13(2)9-12-21-15-7-5-14(6-8-15)16(20)18-17(22)19-10-3-4-11-19/h5-8,13H,3-4,9-12H2,1-2H3,(H,18,20,22). The molecule has 1 aliphatic heterocycles. The molecule has 1 aliphatic rings. The van der Waals surface area contributed by atoms with Crippen LogP contribution in [0.4, 0.5) is 0 Å². The molecule has 1 aromatic carbocycles. The average molecular weight is 320 g/mol. The summed E-state index contributed by atoms with van der Waals surface area (Å²) in [5.74, 6) is 1.25. The monoisotopic (exact) mass is 320 g/mol. The maximum Gasteiger partial charge on any atom is 0.257 e. The molecule has 0 atom stereocenters. The number of hydrogen-bond donors (Lipinski definition) is 1. The summed E-state index contributed by atoms with van der Waals surface area (Å²) in [5.41, 5.74) is 0.595. The van der Waals surface area contributed by atoms with Crippen LogP contribution in [0.1, 0.15) is 43.5 Å². The fraction of sp³-hybridized carbons (Fsp3) is 0.529. The Morgan fingerprint density at radius 2 is 1.91 bits per heavy atom. The molecule has 0 spiro atoms. The summed E-state index contributed by atoms with van der Waals surface area (Å²) in [6, 6.07) is 7.20. The molecule has 4 nitrogen and oxygen atoms in total. The van der Waals surface area contributed by atoms with E-state index in [-0.39, 0.29) is 5.91 Å². The third kappa shape index (κ3) is 4.98.